The van der Waals surface area contributed by atoms with Crippen molar-refractivity contribution < 1.29 is 4.52 Å². The van der Waals surface area contributed by atoms with Crippen LogP contribution in [0.1, 0.15) is 55.8 Å². The van der Waals surface area contributed by atoms with E-state index in [1.165, 1.54) is 6.42 Å². The molecule has 1 aliphatic rings. The molecular weight excluding hydrogens is 334 g/mol. The monoisotopic (exact) mass is 355 g/mol. The third-order valence-electron chi connectivity index (χ3n) is 4.91. The van der Waals surface area contributed by atoms with E-state index in [0.29, 0.717) is 17.0 Å². The van der Waals surface area contributed by atoms with Crippen LogP contribution in [0.4, 0.5) is 0 Å². The van der Waals surface area contributed by atoms with Crippen molar-refractivity contribution in [2.24, 2.45) is 0 Å². The summed E-state index contributed by atoms with van der Waals surface area (Å²) >= 11 is 6.30. The summed E-state index contributed by atoms with van der Waals surface area (Å²) in [5, 5.41) is 6.10. The minimum atomic E-state index is 0.306. The molecule has 0 saturated carbocycles. The van der Waals surface area contributed by atoms with Crippen LogP contribution in [0.5, 0.6) is 0 Å². The summed E-state index contributed by atoms with van der Waals surface area (Å²) < 4.78 is 5.50. The minimum Gasteiger partial charge on any atom is -0.361 e. The molecular formula is C20H22ClN3O. The van der Waals surface area contributed by atoms with Crippen molar-refractivity contribution in [1.29, 1.82) is 0 Å². The number of hydrogen-bond acceptors (Lipinski definition) is 4. The van der Waals surface area contributed by atoms with Crippen LogP contribution in [0.3, 0.4) is 0 Å². The third kappa shape index (κ3) is 3.29. The molecule has 0 spiro atoms. The van der Waals surface area contributed by atoms with E-state index in [4.69, 9.17) is 21.1 Å². The number of rotatable bonds is 4. The predicted octanol–water partition coefficient (Wildman–Crippen LogP) is 5.34. The Kier molecular flexibility index (Phi) is 4.48. The molecule has 3 heterocycles. The lowest BCUT2D eigenvalue weighted by molar-refractivity contribution is 0.234. The molecule has 5 heteroatoms. The number of aromatic nitrogens is 2. The average molecular weight is 356 g/mol. The second kappa shape index (κ2) is 6.77. The van der Waals surface area contributed by atoms with Crippen LogP contribution in [-0.4, -0.2) is 21.6 Å². The zero-order valence-electron chi connectivity index (χ0n) is 14.6. The van der Waals surface area contributed by atoms with E-state index in [0.717, 1.165) is 47.6 Å². The number of benzene rings is 1. The van der Waals surface area contributed by atoms with Gasteiger partial charge in [-0.15, -0.1) is 0 Å². The molecule has 1 aromatic carbocycles. The summed E-state index contributed by atoms with van der Waals surface area (Å²) in [5.74, 6) is 1.32. The Morgan fingerprint density at radius 1 is 1.28 bits per heavy atom. The van der Waals surface area contributed by atoms with Gasteiger partial charge in [0.05, 0.1) is 22.3 Å². The maximum atomic E-state index is 6.30. The van der Waals surface area contributed by atoms with Crippen LogP contribution in [0.2, 0.25) is 5.02 Å². The molecule has 3 aromatic rings. The molecule has 0 bridgehead atoms. The minimum absolute atomic E-state index is 0.306. The Labute approximate surface area is 152 Å². The van der Waals surface area contributed by atoms with Gasteiger partial charge >= 0.3 is 0 Å². The van der Waals surface area contributed by atoms with E-state index in [9.17, 15) is 0 Å². The summed E-state index contributed by atoms with van der Waals surface area (Å²) in [6, 6.07) is 12.5. The third-order valence-corrected chi connectivity index (χ3v) is 5.22. The van der Waals surface area contributed by atoms with Crippen LogP contribution in [0, 0.1) is 0 Å². The fourth-order valence-corrected chi connectivity index (χ4v) is 3.75. The average Bonchev–Trinajstić information content (AvgIpc) is 3.24. The number of fused-ring (bicyclic) bond motifs is 1. The first kappa shape index (κ1) is 16.6. The molecule has 4 nitrogen and oxygen atoms in total. The fraction of sp³-hybridized carbons (Fsp3) is 0.400. The molecule has 4 rings (SSSR count). The highest BCUT2D eigenvalue weighted by Crippen LogP contribution is 2.34. The van der Waals surface area contributed by atoms with Crippen LogP contribution in [-0.2, 0) is 6.54 Å². The lowest BCUT2D eigenvalue weighted by Crippen LogP contribution is -2.23. The number of hydrogen-bond donors (Lipinski definition) is 0. The molecule has 0 radical (unpaired) electrons. The maximum absolute atomic E-state index is 6.30. The topological polar surface area (TPSA) is 42.2 Å². The smallest absolute Gasteiger partial charge is 0.139 e. The first-order chi connectivity index (χ1) is 12.1. The van der Waals surface area contributed by atoms with E-state index >= 15 is 0 Å². The van der Waals surface area contributed by atoms with Gasteiger partial charge in [0, 0.05) is 23.9 Å². The first-order valence-electron chi connectivity index (χ1n) is 8.86. The van der Waals surface area contributed by atoms with E-state index in [1.54, 1.807) is 0 Å². The normalized spacial score (nSPS) is 18.5. The quantitative estimate of drug-likeness (QED) is 0.633. The SMILES string of the molecule is CC(C)c1cc(C2CCCN2Cc2ccc3cccc(Cl)c3n2)no1. The van der Waals surface area contributed by atoms with E-state index in [-0.39, 0.29) is 0 Å². The molecule has 1 saturated heterocycles. The molecule has 1 fully saturated rings. The molecule has 2 aromatic heterocycles. The Bertz CT molecular complexity index is 890. The van der Waals surface area contributed by atoms with Gasteiger partial charge in [0.2, 0.25) is 0 Å². The fourth-order valence-electron chi connectivity index (χ4n) is 3.53. The van der Waals surface area contributed by atoms with Crippen molar-refractivity contribution in [3.63, 3.8) is 0 Å². The van der Waals surface area contributed by atoms with Crippen LogP contribution < -0.4 is 0 Å². The largest absolute Gasteiger partial charge is 0.361 e. The van der Waals surface area contributed by atoms with E-state index in [1.807, 2.05) is 18.2 Å². The van der Waals surface area contributed by atoms with Crippen molar-refractivity contribution >= 4 is 22.5 Å². The molecule has 1 aliphatic heterocycles. The summed E-state index contributed by atoms with van der Waals surface area (Å²) in [5.41, 5.74) is 2.96. The van der Waals surface area contributed by atoms with Crippen molar-refractivity contribution in [1.82, 2.24) is 15.0 Å². The van der Waals surface area contributed by atoms with Crippen molar-refractivity contribution in [3.8, 4) is 0 Å². The van der Waals surface area contributed by atoms with Crippen LogP contribution in [0.15, 0.2) is 40.9 Å². The van der Waals surface area contributed by atoms with E-state index in [2.05, 4.69) is 42.1 Å². The Morgan fingerprint density at radius 3 is 2.96 bits per heavy atom. The maximum Gasteiger partial charge on any atom is 0.139 e. The number of para-hydroxylation sites is 1. The predicted molar refractivity (Wildman–Crippen MR) is 99.7 cm³/mol. The van der Waals surface area contributed by atoms with Crippen LogP contribution >= 0.6 is 11.6 Å². The summed E-state index contributed by atoms with van der Waals surface area (Å²) in [7, 11) is 0. The van der Waals surface area contributed by atoms with Crippen molar-refractivity contribution in [2.75, 3.05) is 6.54 Å². The van der Waals surface area contributed by atoms with Gasteiger partial charge in [0.1, 0.15) is 11.5 Å². The van der Waals surface area contributed by atoms with Gasteiger partial charge < -0.3 is 4.52 Å². The highest BCUT2D eigenvalue weighted by Gasteiger charge is 2.29. The number of likely N-dealkylation sites (tertiary alicyclic amines) is 1. The highest BCUT2D eigenvalue weighted by atomic mass is 35.5. The number of halogens is 1. The van der Waals surface area contributed by atoms with Gasteiger partial charge in [-0.1, -0.05) is 48.8 Å². The van der Waals surface area contributed by atoms with Gasteiger partial charge in [0.15, 0.2) is 0 Å². The van der Waals surface area contributed by atoms with E-state index < -0.39 is 0 Å². The van der Waals surface area contributed by atoms with Gasteiger partial charge in [-0.2, -0.15) is 0 Å². The van der Waals surface area contributed by atoms with Crippen molar-refractivity contribution in [3.05, 3.63) is 58.6 Å². The zero-order chi connectivity index (χ0) is 17.4. The first-order valence-corrected chi connectivity index (χ1v) is 9.24. The van der Waals surface area contributed by atoms with Crippen molar-refractivity contribution in [2.45, 2.75) is 45.2 Å². The number of pyridine rings is 1. The molecule has 130 valence electrons. The Hall–Kier alpha value is -1.91. The molecule has 0 aliphatic carbocycles. The van der Waals surface area contributed by atoms with Gasteiger partial charge in [0.25, 0.3) is 0 Å². The standard InChI is InChI=1S/C20H22ClN3O/c1-13(2)19-11-17(23-25-19)18-7-4-10-24(18)12-15-9-8-14-5-3-6-16(21)20(14)22-15/h3,5-6,8-9,11,13,18H,4,7,10,12H2,1-2H3. The second-order valence-corrected chi connectivity index (χ2v) is 7.46. The van der Waals surface area contributed by atoms with Gasteiger partial charge in [-0.25, -0.2) is 4.98 Å². The van der Waals surface area contributed by atoms with Gasteiger partial charge in [-0.05, 0) is 31.5 Å². The second-order valence-electron chi connectivity index (χ2n) is 7.05. The number of nitrogens with zero attached hydrogens (tertiary/aromatic N) is 3. The highest BCUT2D eigenvalue weighted by molar-refractivity contribution is 6.35. The molecule has 1 atom stereocenters. The van der Waals surface area contributed by atoms with Crippen LogP contribution in [0.25, 0.3) is 10.9 Å². The van der Waals surface area contributed by atoms with Gasteiger partial charge in [-0.3, -0.25) is 4.90 Å². The molecule has 1 unspecified atom stereocenters. The zero-order valence-corrected chi connectivity index (χ0v) is 15.3. The lowest BCUT2D eigenvalue weighted by atomic mass is 10.1. The summed E-state index contributed by atoms with van der Waals surface area (Å²) in [6.07, 6.45) is 2.28. The Balaban J connectivity index is 1.57. The molecule has 0 N–H and O–H groups in total. The molecule has 0 amide bonds. The molecule has 25 heavy (non-hydrogen) atoms. The summed E-state index contributed by atoms with van der Waals surface area (Å²) in [6.45, 7) is 6.10. The summed E-state index contributed by atoms with van der Waals surface area (Å²) in [4.78, 5) is 7.22. The Morgan fingerprint density at radius 2 is 2.16 bits per heavy atom. The lowest BCUT2D eigenvalue weighted by Gasteiger charge is -2.22.